The van der Waals surface area contributed by atoms with Crippen molar-refractivity contribution in [3.63, 3.8) is 0 Å². The predicted octanol–water partition coefficient (Wildman–Crippen LogP) is 10.5. The van der Waals surface area contributed by atoms with Gasteiger partial charge in [0.05, 0.1) is 0 Å². The molecule has 0 radical (unpaired) electrons. The first-order valence-corrected chi connectivity index (χ1v) is 17.9. The summed E-state index contributed by atoms with van der Waals surface area (Å²) in [6.45, 7) is 0.662. The number of hydrogen-bond acceptors (Lipinski definition) is 3. The molecule has 0 unspecified atom stereocenters. The van der Waals surface area contributed by atoms with Gasteiger partial charge in [-0.15, -0.1) is 9.05 Å². The Morgan fingerprint density at radius 3 is 1.02 bits per heavy atom. The van der Waals surface area contributed by atoms with E-state index >= 15 is 0 Å². The van der Waals surface area contributed by atoms with Crippen LogP contribution in [0.5, 0.6) is 0 Å². The van der Waals surface area contributed by atoms with E-state index in [1.165, 1.54) is 55.6 Å². The molecule has 240 valence electrons. The molecule has 0 atom stereocenters. The maximum Gasteiger partial charge on any atom is 0.697 e. The van der Waals surface area contributed by atoms with E-state index in [0.29, 0.717) is 26.1 Å². The van der Waals surface area contributed by atoms with Crippen molar-refractivity contribution in [2.75, 3.05) is 13.2 Å². The van der Waals surface area contributed by atoms with Crippen LogP contribution < -0.4 is 0 Å². The third-order valence-corrected chi connectivity index (χ3v) is 9.59. The molecule has 0 aliphatic carbocycles. The van der Waals surface area contributed by atoms with Crippen LogP contribution in [0.4, 0.5) is 0 Å². The molecule has 48 heavy (non-hydrogen) atoms. The first-order chi connectivity index (χ1) is 23.7. The van der Waals surface area contributed by atoms with Crippen LogP contribution in [0.3, 0.4) is 0 Å². The third kappa shape index (κ3) is 9.69. The molecule has 0 N–H and O–H groups in total. The molecule has 6 rings (SSSR count). The molecular weight excluding hydrogens is 607 g/mol. The van der Waals surface area contributed by atoms with Gasteiger partial charge in [-0.05, 0) is 81.3 Å². The van der Waals surface area contributed by atoms with Gasteiger partial charge in [-0.1, -0.05) is 158 Å². The fourth-order valence-electron chi connectivity index (χ4n) is 6.36. The highest BCUT2D eigenvalue weighted by Crippen LogP contribution is 2.28. The minimum atomic E-state index is -2.23. The SMILES string of the molecule is O=[P+](OCCc1cccc(Cc2ccccc2)c1Cc1ccccc1)OCCc1cccc(Cc2ccccc2)c1Cc1ccccc1. The van der Waals surface area contributed by atoms with Crippen LogP contribution in [-0.2, 0) is 52.1 Å². The summed E-state index contributed by atoms with van der Waals surface area (Å²) < 4.78 is 24.4. The summed E-state index contributed by atoms with van der Waals surface area (Å²) in [4.78, 5) is 0. The van der Waals surface area contributed by atoms with Crippen LogP contribution in [0.15, 0.2) is 158 Å². The second-order valence-corrected chi connectivity index (χ2v) is 13.1. The van der Waals surface area contributed by atoms with Gasteiger partial charge in [-0.25, -0.2) is 0 Å². The molecule has 0 saturated heterocycles. The van der Waals surface area contributed by atoms with Crippen molar-refractivity contribution in [3.05, 3.63) is 213 Å². The zero-order valence-electron chi connectivity index (χ0n) is 27.3. The Morgan fingerprint density at radius 2 is 0.667 bits per heavy atom. The van der Waals surface area contributed by atoms with Gasteiger partial charge in [0.2, 0.25) is 0 Å². The van der Waals surface area contributed by atoms with Gasteiger partial charge in [0.1, 0.15) is 13.2 Å². The summed E-state index contributed by atoms with van der Waals surface area (Å²) in [5.41, 5.74) is 12.8. The van der Waals surface area contributed by atoms with E-state index in [1.54, 1.807) is 0 Å². The molecule has 0 aliphatic rings. The smallest absolute Gasteiger partial charge is 0.119 e. The van der Waals surface area contributed by atoms with Gasteiger partial charge >= 0.3 is 8.25 Å². The highest BCUT2D eigenvalue weighted by atomic mass is 31.1. The zero-order chi connectivity index (χ0) is 32.8. The standard InChI is InChI=1S/C44H42O3P/c45-48(46-29-27-39-23-13-25-41(31-35-15-5-1-6-16-35)43(39)33-37-19-9-3-10-20-37)47-30-28-40-24-14-26-42(32-36-17-7-2-8-18-36)44(40)34-38-21-11-4-12-22-38/h1-26H,27-34H2/q+1. The third-order valence-electron chi connectivity index (χ3n) is 8.80. The number of hydrogen-bond donors (Lipinski definition) is 0. The minimum Gasteiger partial charge on any atom is -0.119 e. The van der Waals surface area contributed by atoms with Gasteiger partial charge < -0.3 is 0 Å². The van der Waals surface area contributed by atoms with Crippen molar-refractivity contribution in [2.45, 2.75) is 38.5 Å². The van der Waals surface area contributed by atoms with E-state index in [0.717, 1.165) is 25.7 Å². The van der Waals surface area contributed by atoms with Crippen LogP contribution in [0.2, 0.25) is 0 Å². The molecule has 6 aromatic carbocycles. The van der Waals surface area contributed by atoms with Crippen molar-refractivity contribution in [1.82, 2.24) is 0 Å². The average molecular weight is 650 g/mol. The summed E-state index contributed by atoms with van der Waals surface area (Å²) >= 11 is 0. The fraction of sp³-hybridized carbons (Fsp3) is 0.182. The molecule has 0 amide bonds. The maximum absolute atomic E-state index is 12.9. The van der Waals surface area contributed by atoms with Gasteiger partial charge in [0, 0.05) is 17.4 Å². The van der Waals surface area contributed by atoms with Gasteiger partial charge in [0.15, 0.2) is 0 Å². The summed E-state index contributed by atoms with van der Waals surface area (Å²) in [6.07, 6.45) is 4.75. The van der Waals surface area contributed by atoms with Crippen molar-refractivity contribution >= 4 is 8.25 Å². The quantitative estimate of drug-likeness (QED) is 0.0979. The Labute approximate surface area is 286 Å². The van der Waals surface area contributed by atoms with Crippen LogP contribution in [0.1, 0.15) is 55.6 Å². The van der Waals surface area contributed by atoms with Crippen molar-refractivity contribution < 1.29 is 13.6 Å². The molecule has 0 bridgehead atoms. The lowest BCUT2D eigenvalue weighted by Crippen LogP contribution is -2.06. The highest BCUT2D eigenvalue weighted by Gasteiger charge is 2.21. The average Bonchev–Trinajstić information content (AvgIpc) is 3.12. The lowest BCUT2D eigenvalue weighted by atomic mass is 9.90. The Balaban J connectivity index is 1.08. The molecular formula is C44H42O3P+. The Bertz CT molecular complexity index is 1740. The van der Waals surface area contributed by atoms with E-state index in [-0.39, 0.29) is 0 Å². The molecule has 0 spiro atoms. The molecule has 0 heterocycles. The fourth-order valence-corrected chi connectivity index (χ4v) is 6.91. The lowest BCUT2D eigenvalue weighted by Gasteiger charge is -2.15. The van der Waals surface area contributed by atoms with Gasteiger partial charge in [-0.2, -0.15) is 0 Å². The Hall–Kier alpha value is -4.66. The van der Waals surface area contributed by atoms with E-state index < -0.39 is 8.25 Å². The second kappa shape index (κ2) is 17.5. The molecule has 0 aliphatic heterocycles. The topological polar surface area (TPSA) is 35.5 Å². The van der Waals surface area contributed by atoms with Crippen LogP contribution in [0, 0.1) is 0 Å². The molecule has 4 heteroatoms. The number of rotatable bonds is 16. The first-order valence-electron chi connectivity index (χ1n) is 16.8. The van der Waals surface area contributed by atoms with Gasteiger partial charge in [-0.3, -0.25) is 0 Å². The van der Waals surface area contributed by atoms with Crippen molar-refractivity contribution in [3.8, 4) is 0 Å². The van der Waals surface area contributed by atoms with E-state index in [4.69, 9.17) is 9.05 Å². The molecule has 0 aromatic heterocycles. The van der Waals surface area contributed by atoms with E-state index in [2.05, 4.69) is 158 Å². The predicted molar refractivity (Wildman–Crippen MR) is 197 cm³/mol. The van der Waals surface area contributed by atoms with E-state index in [1.807, 2.05) is 0 Å². The zero-order valence-corrected chi connectivity index (χ0v) is 28.2. The van der Waals surface area contributed by atoms with E-state index in [9.17, 15) is 4.57 Å². The Morgan fingerprint density at radius 1 is 0.354 bits per heavy atom. The molecule has 3 nitrogen and oxygen atoms in total. The minimum absolute atomic E-state index is 0.331. The normalized spacial score (nSPS) is 11.0. The molecule has 6 aromatic rings. The maximum atomic E-state index is 12.9. The molecule has 0 fully saturated rings. The summed E-state index contributed by atoms with van der Waals surface area (Å²) in [5.74, 6) is 0. The summed E-state index contributed by atoms with van der Waals surface area (Å²) in [5, 5.41) is 0. The van der Waals surface area contributed by atoms with Crippen molar-refractivity contribution in [2.24, 2.45) is 0 Å². The first kappa shape index (κ1) is 33.2. The van der Waals surface area contributed by atoms with Crippen LogP contribution in [-0.4, -0.2) is 13.2 Å². The van der Waals surface area contributed by atoms with Gasteiger partial charge in [0.25, 0.3) is 0 Å². The van der Waals surface area contributed by atoms with Crippen LogP contribution >= 0.6 is 8.25 Å². The second-order valence-electron chi connectivity index (χ2n) is 12.1. The summed E-state index contributed by atoms with van der Waals surface area (Å²) in [6, 6.07) is 55.3. The number of benzene rings is 6. The van der Waals surface area contributed by atoms with Crippen LogP contribution in [0.25, 0.3) is 0 Å². The highest BCUT2D eigenvalue weighted by molar-refractivity contribution is 7.33. The molecule has 0 saturated carbocycles. The Kier molecular flexibility index (Phi) is 12.1. The summed E-state index contributed by atoms with van der Waals surface area (Å²) in [7, 11) is -2.23. The monoisotopic (exact) mass is 649 g/mol. The largest absolute Gasteiger partial charge is 0.697 e. The van der Waals surface area contributed by atoms with Crippen molar-refractivity contribution in [1.29, 1.82) is 0 Å². The lowest BCUT2D eigenvalue weighted by molar-refractivity contribution is 0.229.